The highest BCUT2D eigenvalue weighted by molar-refractivity contribution is 7.86. The van der Waals surface area contributed by atoms with Crippen LogP contribution in [0.2, 0.25) is 0 Å². The first-order chi connectivity index (χ1) is 6.39. The summed E-state index contributed by atoms with van der Waals surface area (Å²) >= 11 is 0. The zero-order valence-corrected chi connectivity index (χ0v) is 9.21. The van der Waals surface area contributed by atoms with Crippen LogP contribution < -0.4 is 0 Å². The van der Waals surface area contributed by atoms with E-state index < -0.39 is 22.2 Å². The maximum Gasteiger partial charge on any atom is 0.334 e. The molecule has 0 rings (SSSR count). The van der Waals surface area contributed by atoms with Crippen LogP contribution in [-0.2, 0) is 19.1 Å². The van der Waals surface area contributed by atoms with Crippen LogP contribution >= 0.6 is 0 Å². The summed E-state index contributed by atoms with van der Waals surface area (Å²) in [4.78, 5) is 10.3. The third-order valence-corrected chi connectivity index (χ3v) is 3.01. The maximum absolute atomic E-state index is 11.1. The zero-order valence-electron chi connectivity index (χ0n) is 8.39. The maximum atomic E-state index is 11.1. The fourth-order valence-electron chi connectivity index (χ4n) is 0.838. The van der Waals surface area contributed by atoms with Crippen LogP contribution in [0.5, 0.6) is 0 Å². The number of carboxylic acids is 1. The van der Waals surface area contributed by atoms with Gasteiger partial charge in [-0.3, -0.25) is 4.18 Å². The van der Waals surface area contributed by atoms with Crippen molar-refractivity contribution in [2.75, 3.05) is 5.75 Å². The van der Waals surface area contributed by atoms with E-state index in [1.54, 1.807) is 0 Å². The van der Waals surface area contributed by atoms with Crippen LogP contribution in [0.3, 0.4) is 0 Å². The average molecular weight is 224 g/mol. The molecule has 0 heterocycles. The van der Waals surface area contributed by atoms with Gasteiger partial charge in [-0.2, -0.15) is 8.42 Å². The molecule has 0 aliphatic heterocycles. The summed E-state index contributed by atoms with van der Waals surface area (Å²) in [6, 6.07) is 0. The molecular formula is C8H16O5S. The van der Waals surface area contributed by atoms with Crippen molar-refractivity contribution in [2.24, 2.45) is 0 Å². The number of rotatable bonds is 7. The molecule has 0 saturated carbocycles. The van der Waals surface area contributed by atoms with Gasteiger partial charge in [-0.1, -0.05) is 19.8 Å². The minimum Gasteiger partial charge on any atom is -0.479 e. The normalized spacial score (nSPS) is 13.9. The quantitative estimate of drug-likeness (QED) is 0.515. The monoisotopic (exact) mass is 224 g/mol. The molecular weight excluding hydrogens is 208 g/mol. The molecule has 5 nitrogen and oxygen atoms in total. The first-order valence-electron chi connectivity index (χ1n) is 4.53. The Kier molecular flexibility index (Phi) is 5.71. The van der Waals surface area contributed by atoms with Gasteiger partial charge in [0.2, 0.25) is 0 Å². The number of hydrogen-bond acceptors (Lipinski definition) is 4. The molecule has 0 radical (unpaired) electrons. The second kappa shape index (κ2) is 5.98. The van der Waals surface area contributed by atoms with E-state index in [0.29, 0.717) is 6.42 Å². The van der Waals surface area contributed by atoms with Crippen molar-refractivity contribution in [3.63, 3.8) is 0 Å². The Balaban J connectivity index is 4.01. The standard InChI is InChI=1S/C8H16O5S/c1-3-4-5-6-14(11,12)13-7(2)8(9)10/h7H,3-6H2,1-2H3,(H,9,10). The Morgan fingerprint density at radius 2 is 2.00 bits per heavy atom. The lowest BCUT2D eigenvalue weighted by molar-refractivity contribution is -0.144. The summed E-state index contributed by atoms with van der Waals surface area (Å²) in [6.07, 6.45) is 0.904. The number of carboxylic acid groups (broad SMARTS) is 1. The van der Waals surface area contributed by atoms with Crippen LogP contribution in [0.1, 0.15) is 33.1 Å². The van der Waals surface area contributed by atoms with E-state index in [0.717, 1.165) is 12.8 Å². The van der Waals surface area contributed by atoms with Crippen molar-refractivity contribution in [2.45, 2.75) is 39.2 Å². The lowest BCUT2D eigenvalue weighted by Crippen LogP contribution is -2.25. The summed E-state index contributed by atoms with van der Waals surface area (Å²) in [5.74, 6) is -1.39. The Morgan fingerprint density at radius 3 is 2.43 bits per heavy atom. The smallest absolute Gasteiger partial charge is 0.334 e. The van der Waals surface area contributed by atoms with Crippen LogP contribution in [0.4, 0.5) is 0 Å². The van der Waals surface area contributed by atoms with E-state index in [1.807, 2.05) is 6.92 Å². The van der Waals surface area contributed by atoms with Gasteiger partial charge in [-0.15, -0.1) is 0 Å². The molecule has 0 bridgehead atoms. The van der Waals surface area contributed by atoms with Crippen molar-refractivity contribution in [1.29, 1.82) is 0 Å². The Bertz CT molecular complexity index is 269. The molecule has 0 fully saturated rings. The lowest BCUT2D eigenvalue weighted by atomic mass is 10.3. The van der Waals surface area contributed by atoms with Crippen LogP contribution in [0, 0.1) is 0 Å². The second-order valence-electron chi connectivity index (χ2n) is 3.05. The predicted molar refractivity (Wildman–Crippen MR) is 51.5 cm³/mol. The molecule has 0 aromatic rings. The van der Waals surface area contributed by atoms with E-state index >= 15 is 0 Å². The number of carbonyl (C=O) groups is 1. The van der Waals surface area contributed by atoms with Gasteiger partial charge >= 0.3 is 5.97 Å². The van der Waals surface area contributed by atoms with Crippen molar-refractivity contribution >= 4 is 16.1 Å². The molecule has 14 heavy (non-hydrogen) atoms. The second-order valence-corrected chi connectivity index (χ2v) is 4.76. The van der Waals surface area contributed by atoms with Crippen molar-refractivity contribution < 1.29 is 22.5 Å². The molecule has 0 amide bonds. The summed E-state index contributed by atoms with van der Waals surface area (Å²) in [6.45, 7) is 3.15. The first kappa shape index (κ1) is 13.4. The Morgan fingerprint density at radius 1 is 1.43 bits per heavy atom. The lowest BCUT2D eigenvalue weighted by Gasteiger charge is -2.08. The number of unbranched alkanes of at least 4 members (excludes halogenated alkanes) is 2. The third-order valence-electron chi connectivity index (χ3n) is 1.64. The van der Waals surface area contributed by atoms with Crippen molar-refractivity contribution in [1.82, 2.24) is 0 Å². The SMILES string of the molecule is CCCCCS(=O)(=O)OC(C)C(=O)O. The van der Waals surface area contributed by atoms with Gasteiger partial charge in [0.1, 0.15) is 0 Å². The summed E-state index contributed by atoms with van der Waals surface area (Å²) in [7, 11) is -3.68. The highest BCUT2D eigenvalue weighted by Crippen LogP contribution is 2.04. The van der Waals surface area contributed by atoms with Crippen LogP contribution in [-0.4, -0.2) is 31.4 Å². The fourth-order valence-corrected chi connectivity index (χ4v) is 2.01. The minimum atomic E-state index is -3.68. The molecule has 0 saturated heterocycles. The molecule has 0 spiro atoms. The van der Waals surface area contributed by atoms with Crippen LogP contribution in [0.15, 0.2) is 0 Å². The largest absolute Gasteiger partial charge is 0.479 e. The third kappa shape index (κ3) is 5.93. The Labute approximate surface area is 84.2 Å². The van der Waals surface area contributed by atoms with E-state index in [9.17, 15) is 13.2 Å². The Hall–Kier alpha value is -0.620. The van der Waals surface area contributed by atoms with Gasteiger partial charge < -0.3 is 5.11 Å². The highest BCUT2D eigenvalue weighted by Gasteiger charge is 2.20. The first-order valence-corrected chi connectivity index (χ1v) is 6.10. The van der Waals surface area contributed by atoms with E-state index in [-0.39, 0.29) is 5.75 Å². The van der Waals surface area contributed by atoms with Gasteiger partial charge in [0.05, 0.1) is 5.75 Å². The summed E-state index contributed by atoms with van der Waals surface area (Å²) < 4.78 is 26.7. The number of aliphatic carboxylic acids is 1. The molecule has 0 aromatic heterocycles. The highest BCUT2D eigenvalue weighted by atomic mass is 32.2. The molecule has 84 valence electrons. The summed E-state index contributed by atoms with van der Waals surface area (Å²) in [5.41, 5.74) is 0. The van der Waals surface area contributed by atoms with E-state index in [2.05, 4.69) is 4.18 Å². The zero-order chi connectivity index (χ0) is 11.2. The molecule has 1 unspecified atom stereocenters. The van der Waals surface area contributed by atoms with Gasteiger partial charge in [0.25, 0.3) is 10.1 Å². The van der Waals surface area contributed by atoms with Gasteiger partial charge in [0.15, 0.2) is 6.10 Å². The van der Waals surface area contributed by atoms with Crippen molar-refractivity contribution in [3.05, 3.63) is 0 Å². The van der Waals surface area contributed by atoms with Gasteiger partial charge in [-0.25, -0.2) is 4.79 Å². The molecule has 0 aliphatic carbocycles. The van der Waals surface area contributed by atoms with E-state index in [4.69, 9.17) is 5.11 Å². The molecule has 6 heteroatoms. The fraction of sp³-hybridized carbons (Fsp3) is 0.875. The average Bonchev–Trinajstić information content (AvgIpc) is 2.03. The summed E-state index contributed by atoms with van der Waals surface area (Å²) in [5, 5.41) is 8.43. The van der Waals surface area contributed by atoms with Gasteiger partial charge in [0, 0.05) is 0 Å². The van der Waals surface area contributed by atoms with E-state index in [1.165, 1.54) is 6.92 Å². The number of hydrogen-bond donors (Lipinski definition) is 1. The predicted octanol–water partition coefficient (Wildman–Crippen LogP) is 0.996. The molecule has 1 atom stereocenters. The molecule has 0 aromatic carbocycles. The van der Waals surface area contributed by atoms with Gasteiger partial charge in [-0.05, 0) is 13.3 Å². The van der Waals surface area contributed by atoms with Crippen molar-refractivity contribution in [3.8, 4) is 0 Å². The minimum absolute atomic E-state index is 0.113. The molecule has 0 aliphatic rings. The topological polar surface area (TPSA) is 80.7 Å². The molecule has 1 N–H and O–H groups in total. The van der Waals surface area contributed by atoms with Crippen LogP contribution in [0.25, 0.3) is 0 Å².